The lowest BCUT2D eigenvalue weighted by Crippen LogP contribution is -2.20. The van der Waals surface area contributed by atoms with Gasteiger partial charge >= 0.3 is 0 Å². The number of rotatable bonds is 8. The van der Waals surface area contributed by atoms with Gasteiger partial charge in [0.15, 0.2) is 17.2 Å². The SMILES string of the molecule is CCCc1c(C(=O)N/N=C/c2cc(OC)c(O)c(OC)c2)nnn1-c1nonc1N. The molecule has 1 aromatic carbocycles. The molecule has 13 nitrogen and oxygen atoms in total. The number of amides is 1. The summed E-state index contributed by atoms with van der Waals surface area (Å²) in [4.78, 5) is 12.6. The number of nitrogen functional groups attached to an aromatic ring is 1. The molecular formula is C17H20N8O5. The summed E-state index contributed by atoms with van der Waals surface area (Å²) in [6.45, 7) is 1.94. The van der Waals surface area contributed by atoms with Crippen LogP contribution in [0.15, 0.2) is 21.9 Å². The molecule has 13 heteroatoms. The number of methoxy groups -OCH3 is 2. The molecule has 0 fully saturated rings. The molecule has 2 aromatic heterocycles. The first-order chi connectivity index (χ1) is 14.5. The van der Waals surface area contributed by atoms with Crippen molar-refractivity contribution in [2.45, 2.75) is 19.8 Å². The summed E-state index contributed by atoms with van der Waals surface area (Å²) in [5.41, 5.74) is 9.18. The van der Waals surface area contributed by atoms with Gasteiger partial charge in [-0.2, -0.15) is 9.78 Å². The van der Waals surface area contributed by atoms with E-state index >= 15 is 0 Å². The predicted octanol–water partition coefficient (Wildman–Crippen LogP) is 0.672. The average molecular weight is 416 g/mol. The van der Waals surface area contributed by atoms with Gasteiger partial charge in [-0.15, -0.1) is 5.10 Å². The summed E-state index contributed by atoms with van der Waals surface area (Å²) in [5, 5.41) is 28.9. The van der Waals surface area contributed by atoms with Crippen molar-refractivity contribution in [2.24, 2.45) is 5.10 Å². The molecule has 2 heterocycles. The maximum absolute atomic E-state index is 12.6. The monoisotopic (exact) mass is 416 g/mol. The molecule has 0 saturated heterocycles. The highest BCUT2D eigenvalue weighted by atomic mass is 16.6. The first kappa shape index (κ1) is 20.6. The van der Waals surface area contributed by atoms with E-state index in [4.69, 9.17) is 15.2 Å². The highest BCUT2D eigenvalue weighted by Gasteiger charge is 2.23. The van der Waals surface area contributed by atoms with Crippen LogP contribution < -0.4 is 20.6 Å². The molecular weight excluding hydrogens is 396 g/mol. The second-order valence-electron chi connectivity index (χ2n) is 5.99. The van der Waals surface area contributed by atoms with E-state index in [1.807, 2.05) is 6.92 Å². The van der Waals surface area contributed by atoms with Crippen molar-refractivity contribution in [3.8, 4) is 23.1 Å². The number of hydrogen-bond acceptors (Lipinski definition) is 11. The van der Waals surface area contributed by atoms with Gasteiger partial charge in [-0.1, -0.05) is 18.6 Å². The van der Waals surface area contributed by atoms with Crippen molar-refractivity contribution in [2.75, 3.05) is 20.0 Å². The fourth-order valence-corrected chi connectivity index (χ4v) is 2.65. The van der Waals surface area contributed by atoms with Crippen molar-refractivity contribution in [3.63, 3.8) is 0 Å². The summed E-state index contributed by atoms with van der Waals surface area (Å²) in [7, 11) is 2.82. The van der Waals surface area contributed by atoms with Gasteiger partial charge in [0.1, 0.15) is 0 Å². The van der Waals surface area contributed by atoms with E-state index in [2.05, 4.69) is 35.8 Å². The lowest BCUT2D eigenvalue weighted by atomic mass is 10.2. The second kappa shape index (κ2) is 8.89. The maximum Gasteiger partial charge on any atom is 0.293 e. The van der Waals surface area contributed by atoms with E-state index in [0.29, 0.717) is 17.7 Å². The number of nitrogens with one attached hydrogen (secondary N) is 1. The number of ether oxygens (including phenoxy) is 2. The summed E-state index contributed by atoms with van der Waals surface area (Å²) in [6.07, 6.45) is 2.57. The number of carbonyl (C=O) groups excluding carboxylic acids is 1. The zero-order chi connectivity index (χ0) is 21.7. The van der Waals surface area contributed by atoms with Crippen molar-refractivity contribution in [1.82, 2.24) is 30.7 Å². The standard InChI is InChI=1S/C17H20N8O5/c1-4-5-10-13(20-24-25(10)16-15(18)22-30-23-16)17(27)21-19-8-9-6-11(28-2)14(26)12(7-9)29-3/h6-8,26H,4-5H2,1-3H3,(H2,18,22)(H,21,27)/b19-8+. The van der Waals surface area contributed by atoms with Gasteiger partial charge in [0.05, 0.1) is 26.1 Å². The first-order valence-corrected chi connectivity index (χ1v) is 8.81. The Bertz CT molecular complexity index is 1050. The van der Waals surface area contributed by atoms with Crippen molar-refractivity contribution >= 4 is 17.9 Å². The van der Waals surface area contributed by atoms with Crippen LogP contribution >= 0.6 is 0 Å². The lowest BCUT2D eigenvalue weighted by Gasteiger charge is -2.09. The number of nitrogens with zero attached hydrogens (tertiary/aromatic N) is 6. The number of benzene rings is 1. The largest absolute Gasteiger partial charge is 0.502 e. The molecule has 0 spiro atoms. The third-order valence-electron chi connectivity index (χ3n) is 4.04. The maximum atomic E-state index is 12.6. The zero-order valence-corrected chi connectivity index (χ0v) is 16.5. The van der Waals surface area contributed by atoms with Gasteiger partial charge in [-0.25, -0.2) is 10.1 Å². The van der Waals surface area contributed by atoms with Crippen LogP contribution in [0.25, 0.3) is 5.82 Å². The van der Waals surface area contributed by atoms with Crippen LogP contribution in [0.5, 0.6) is 17.2 Å². The van der Waals surface area contributed by atoms with E-state index in [-0.39, 0.29) is 34.6 Å². The smallest absolute Gasteiger partial charge is 0.293 e. The third-order valence-corrected chi connectivity index (χ3v) is 4.04. The Labute approximate surface area is 170 Å². The van der Waals surface area contributed by atoms with Gasteiger partial charge in [-0.3, -0.25) is 4.79 Å². The van der Waals surface area contributed by atoms with Crippen LogP contribution in [0.1, 0.15) is 35.1 Å². The van der Waals surface area contributed by atoms with E-state index in [0.717, 1.165) is 6.42 Å². The fraction of sp³-hybridized carbons (Fsp3) is 0.294. The Morgan fingerprint density at radius 1 is 1.33 bits per heavy atom. The molecule has 1 amide bonds. The molecule has 30 heavy (non-hydrogen) atoms. The Morgan fingerprint density at radius 3 is 2.60 bits per heavy atom. The normalized spacial score (nSPS) is 11.0. The lowest BCUT2D eigenvalue weighted by molar-refractivity contribution is 0.0949. The van der Waals surface area contributed by atoms with Crippen LogP contribution in [0.4, 0.5) is 5.82 Å². The first-order valence-electron chi connectivity index (χ1n) is 8.81. The highest BCUT2D eigenvalue weighted by Crippen LogP contribution is 2.36. The number of carbonyl (C=O) groups is 1. The number of hydrazone groups is 1. The van der Waals surface area contributed by atoms with Crippen LogP contribution in [0.3, 0.4) is 0 Å². The van der Waals surface area contributed by atoms with Crippen molar-refractivity contribution in [1.29, 1.82) is 0 Å². The predicted molar refractivity (Wildman–Crippen MR) is 104 cm³/mol. The molecule has 0 atom stereocenters. The molecule has 158 valence electrons. The van der Waals surface area contributed by atoms with Gasteiger partial charge < -0.3 is 20.3 Å². The number of aromatic hydroxyl groups is 1. The summed E-state index contributed by atoms with van der Waals surface area (Å²) in [6, 6.07) is 3.07. The van der Waals surface area contributed by atoms with E-state index < -0.39 is 5.91 Å². The quantitative estimate of drug-likeness (QED) is 0.349. The van der Waals surface area contributed by atoms with Crippen LogP contribution in [-0.2, 0) is 6.42 Å². The average Bonchev–Trinajstić information content (AvgIpc) is 3.34. The van der Waals surface area contributed by atoms with E-state index in [1.54, 1.807) is 0 Å². The fourth-order valence-electron chi connectivity index (χ4n) is 2.65. The Hall–Kier alpha value is -4.16. The molecule has 0 aliphatic carbocycles. The molecule has 0 radical (unpaired) electrons. The van der Waals surface area contributed by atoms with Crippen LogP contribution in [0, 0.1) is 0 Å². The number of phenolic OH excluding ortho intramolecular Hbond substituents is 1. The topological polar surface area (TPSA) is 176 Å². The van der Waals surface area contributed by atoms with Crippen LogP contribution in [-0.4, -0.2) is 56.8 Å². The molecule has 0 aliphatic rings. The summed E-state index contributed by atoms with van der Waals surface area (Å²) in [5.74, 6) is -0.130. The summed E-state index contributed by atoms with van der Waals surface area (Å²) < 4.78 is 16.1. The molecule has 0 unspecified atom stereocenters. The second-order valence-corrected chi connectivity index (χ2v) is 5.99. The van der Waals surface area contributed by atoms with Crippen molar-refractivity contribution in [3.05, 3.63) is 29.1 Å². The molecule has 4 N–H and O–H groups in total. The van der Waals surface area contributed by atoms with Gasteiger partial charge in [-0.05, 0) is 28.9 Å². The van der Waals surface area contributed by atoms with E-state index in [9.17, 15) is 9.90 Å². The van der Waals surface area contributed by atoms with Crippen LogP contribution in [0.2, 0.25) is 0 Å². The number of anilines is 1. The molecule has 0 bridgehead atoms. The minimum Gasteiger partial charge on any atom is -0.502 e. The number of aromatic nitrogens is 5. The van der Waals surface area contributed by atoms with E-state index in [1.165, 1.54) is 37.2 Å². The van der Waals surface area contributed by atoms with Gasteiger partial charge in [0, 0.05) is 5.56 Å². The molecule has 3 aromatic rings. The zero-order valence-electron chi connectivity index (χ0n) is 16.5. The Balaban J connectivity index is 1.82. The Kier molecular flexibility index (Phi) is 6.10. The highest BCUT2D eigenvalue weighted by molar-refractivity contribution is 5.94. The van der Waals surface area contributed by atoms with Gasteiger partial charge in [0.2, 0.25) is 17.4 Å². The molecule has 0 saturated carbocycles. The molecule has 3 rings (SSSR count). The minimum absolute atomic E-state index is 0.0254. The summed E-state index contributed by atoms with van der Waals surface area (Å²) >= 11 is 0. The van der Waals surface area contributed by atoms with Gasteiger partial charge in [0.25, 0.3) is 5.91 Å². The number of nitrogens with two attached hydrogens (primary N) is 1. The number of phenols is 1. The minimum atomic E-state index is -0.575. The third kappa shape index (κ3) is 3.99. The Morgan fingerprint density at radius 2 is 2.03 bits per heavy atom. The van der Waals surface area contributed by atoms with Crippen molar-refractivity contribution < 1.29 is 24.0 Å². The molecule has 0 aliphatic heterocycles. The number of hydrogen-bond donors (Lipinski definition) is 3.